The van der Waals surface area contributed by atoms with Gasteiger partial charge in [-0.25, -0.2) is 0 Å². The molecule has 1 heterocycles. The first-order valence-electron chi connectivity index (χ1n) is 5.60. The Bertz CT molecular complexity index is 582. The lowest BCUT2D eigenvalue weighted by Crippen LogP contribution is -1.93. The van der Waals surface area contributed by atoms with Gasteiger partial charge in [-0.3, -0.25) is 9.48 Å². The van der Waals surface area contributed by atoms with Crippen LogP contribution in [0.2, 0.25) is 0 Å². The Morgan fingerprint density at radius 2 is 1.88 bits per heavy atom. The molecule has 2 rings (SSSR count). The summed E-state index contributed by atoms with van der Waals surface area (Å²) in [4.78, 5) is 10.9. The van der Waals surface area contributed by atoms with Crippen molar-refractivity contribution in [2.24, 2.45) is 7.05 Å². The number of rotatable bonds is 2. The molecule has 17 heavy (non-hydrogen) atoms. The van der Waals surface area contributed by atoms with E-state index in [9.17, 15) is 4.79 Å². The first kappa shape index (κ1) is 11.6. The second-order valence-corrected chi connectivity index (χ2v) is 4.42. The predicted octanol–water partition coefficient (Wildman–Crippen LogP) is 2.82. The molecule has 0 fully saturated rings. The van der Waals surface area contributed by atoms with Gasteiger partial charge in [0.1, 0.15) is 6.29 Å². The minimum absolute atomic E-state index is 0.711. The van der Waals surface area contributed by atoms with Gasteiger partial charge in [0.2, 0.25) is 0 Å². The maximum Gasteiger partial charge on any atom is 0.150 e. The molecule has 0 atom stereocenters. The van der Waals surface area contributed by atoms with E-state index in [2.05, 4.69) is 11.2 Å². The topological polar surface area (TPSA) is 34.9 Å². The van der Waals surface area contributed by atoms with Gasteiger partial charge in [0.05, 0.1) is 5.69 Å². The lowest BCUT2D eigenvalue weighted by molar-refractivity contribution is 0.112. The van der Waals surface area contributed by atoms with E-state index < -0.39 is 0 Å². The van der Waals surface area contributed by atoms with Crippen LogP contribution < -0.4 is 0 Å². The van der Waals surface area contributed by atoms with E-state index in [-0.39, 0.29) is 0 Å². The third kappa shape index (κ3) is 2.00. The zero-order valence-electron chi connectivity index (χ0n) is 10.6. The van der Waals surface area contributed by atoms with Crippen LogP contribution in [0.5, 0.6) is 0 Å². The summed E-state index contributed by atoms with van der Waals surface area (Å²) >= 11 is 0. The molecule has 0 saturated carbocycles. The molecule has 0 aliphatic rings. The first-order chi connectivity index (χ1) is 8.02. The smallest absolute Gasteiger partial charge is 0.150 e. The highest BCUT2D eigenvalue weighted by Gasteiger charge is 2.12. The molecule has 3 nitrogen and oxygen atoms in total. The van der Waals surface area contributed by atoms with E-state index in [0.717, 1.165) is 34.4 Å². The second-order valence-electron chi connectivity index (χ2n) is 4.42. The van der Waals surface area contributed by atoms with Crippen LogP contribution in [0.3, 0.4) is 0 Å². The minimum Gasteiger partial charge on any atom is -0.298 e. The Morgan fingerprint density at radius 1 is 1.18 bits per heavy atom. The van der Waals surface area contributed by atoms with Gasteiger partial charge < -0.3 is 0 Å². The molecule has 0 saturated heterocycles. The Kier molecular flexibility index (Phi) is 2.84. The van der Waals surface area contributed by atoms with Crippen molar-refractivity contribution in [1.82, 2.24) is 9.78 Å². The SMILES string of the molecule is Cc1cc(C=O)cc(-c2c(C)nn(C)c2C)c1. The van der Waals surface area contributed by atoms with E-state index in [4.69, 9.17) is 0 Å². The average Bonchev–Trinajstić information content (AvgIpc) is 2.52. The number of aromatic nitrogens is 2. The zero-order valence-corrected chi connectivity index (χ0v) is 10.6. The van der Waals surface area contributed by atoms with Gasteiger partial charge in [0, 0.05) is 23.9 Å². The minimum atomic E-state index is 0.711. The molecule has 3 heteroatoms. The van der Waals surface area contributed by atoms with Crippen molar-refractivity contribution in [2.45, 2.75) is 20.8 Å². The molecule has 2 aromatic rings. The van der Waals surface area contributed by atoms with Crippen molar-refractivity contribution in [3.63, 3.8) is 0 Å². The summed E-state index contributed by atoms with van der Waals surface area (Å²) in [6, 6.07) is 5.89. The lowest BCUT2D eigenvalue weighted by atomic mass is 9.99. The largest absolute Gasteiger partial charge is 0.298 e. The molecule has 1 aromatic heterocycles. The van der Waals surface area contributed by atoms with Gasteiger partial charge in [-0.2, -0.15) is 5.10 Å². The second kappa shape index (κ2) is 4.17. The molecule has 0 aliphatic heterocycles. The van der Waals surface area contributed by atoms with Gasteiger partial charge in [-0.15, -0.1) is 0 Å². The van der Waals surface area contributed by atoms with Crippen LogP contribution in [-0.4, -0.2) is 16.1 Å². The summed E-state index contributed by atoms with van der Waals surface area (Å²) in [5, 5.41) is 4.40. The third-order valence-corrected chi connectivity index (χ3v) is 3.03. The van der Waals surface area contributed by atoms with Crippen molar-refractivity contribution >= 4 is 6.29 Å². The summed E-state index contributed by atoms with van der Waals surface area (Å²) in [7, 11) is 1.93. The highest BCUT2D eigenvalue weighted by molar-refractivity contribution is 5.80. The van der Waals surface area contributed by atoms with Crippen LogP contribution in [0.4, 0.5) is 0 Å². The third-order valence-electron chi connectivity index (χ3n) is 3.03. The van der Waals surface area contributed by atoms with E-state index in [1.165, 1.54) is 0 Å². The number of carbonyl (C=O) groups is 1. The van der Waals surface area contributed by atoms with Crippen molar-refractivity contribution in [3.05, 3.63) is 40.7 Å². The molecule has 1 aromatic carbocycles. The van der Waals surface area contributed by atoms with Gasteiger partial charge in [-0.05, 0) is 44.0 Å². The Hall–Kier alpha value is -1.90. The highest BCUT2D eigenvalue weighted by atomic mass is 16.1. The number of hydrogen-bond acceptors (Lipinski definition) is 2. The summed E-state index contributed by atoms with van der Waals surface area (Å²) < 4.78 is 1.87. The van der Waals surface area contributed by atoms with Crippen molar-refractivity contribution in [3.8, 4) is 11.1 Å². The Balaban J connectivity index is 2.67. The fourth-order valence-electron chi connectivity index (χ4n) is 2.22. The summed E-state index contributed by atoms with van der Waals surface area (Å²) in [6.45, 7) is 6.03. The molecule has 0 radical (unpaired) electrons. The monoisotopic (exact) mass is 228 g/mol. The fraction of sp³-hybridized carbons (Fsp3) is 0.286. The number of hydrogen-bond donors (Lipinski definition) is 0. The summed E-state index contributed by atoms with van der Waals surface area (Å²) in [6.07, 6.45) is 0.886. The molecule has 0 amide bonds. The maximum atomic E-state index is 10.9. The van der Waals surface area contributed by atoms with Crippen LogP contribution in [0.25, 0.3) is 11.1 Å². The molecule has 0 unspecified atom stereocenters. The Morgan fingerprint density at radius 3 is 2.41 bits per heavy atom. The van der Waals surface area contributed by atoms with Gasteiger partial charge in [0.25, 0.3) is 0 Å². The zero-order chi connectivity index (χ0) is 12.6. The first-order valence-corrected chi connectivity index (χ1v) is 5.60. The quantitative estimate of drug-likeness (QED) is 0.741. The molecule has 0 spiro atoms. The Labute approximate surface area is 101 Å². The number of nitrogens with zero attached hydrogens (tertiary/aromatic N) is 2. The number of benzene rings is 1. The number of aryl methyl sites for hydroxylation is 3. The van der Waals surface area contributed by atoms with E-state index in [1.807, 2.05) is 44.6 Å². The molecule has 0 aliphatic carbocycles. The molecule has 88 valence electrons. The van der Waals surface area contributed by atoms with Crippen molar-refractivity contribution in [1.29, 1.82) is 0 Å². The summed E-state index contributed by atoms with van der Waals surface area (Å²) in [5.41, 5.74) is 6.10. The van der Waals surface area contributed by atoms with Crippen LogP contribution in [0.15, 0.2) is 18.2 Å². The van der Waals surface area contributed by atoms with Crippen molar-refractivity contribution in [2.75, 3.05) is 0 Å². The van der Waals surface area contributed by atoms with Gasteiger partial charge in [-0.1, -0.05) is 6.07 Å². The average molecular weight is 228 g/mol. The normalized spacial score (nSPS) is 10.6. The van der Waals surface area contributed by atoms with Gasteiger partial charge >= 0.3 is 0 Å². The molecular weight excluding hydrogens is 212 g/mol. The lowest BCUT2D eigenvalue weighted by Gasteiger charge is -2.05. The van der Waals surface area contributed by atoms with Crippen LogP contribution in [0, 0.1) is 20.8 Å². The van der Waals surface area contributed by atoms with Gasteiger partial charge in [0.15, 0.2) is 0 Å². The number of aldehydes is 1. The number of carbonyl (C=O) groups excluding carboxylic acids is 1. The van der Waals surface area contributed by atoms with E-state index >= 15 is 0 Å². The van der Waals surface area contributed by atoms with Crippen LogP contribution in [-0.2, 0) is 7.05 Å². The van der Waals surface area contributed by atoms with E-state index in [1.54, 1.807) is 0 Å². The fourth-order valence-corrected chi connectivity index (χ4v) is 2.22. The maximum absolute atomic E-state index is 10.9. The van der Waals surface area contributed by atoms with Crippen LogP contribution in [0.1, 0.15) is 27.3 Å². The summed E-state index contributed by atoms with van der Waals surface area (Å²) in [5.74, 6) is 0. The molecule has 0 bridgehead atoms. The van der Waals surface area contributed by atoms with Crippen molar-refractivity contribution < 1.29 is 4.79 Å². The van der Waals surface area contributed by atoms with Crippen LogP contribution >= 0.6 is 0 Å². The predicted molar refractivity (Wildman–Crippen MR) is 68.2 cm³/mol. The standard InChI is InChI=1S/C14H16N2O/c1-9-5-12(8-17)7-13(6-9)14-10(2)15-16(4)11(14)3/h5-8H,1-4H3. The van der Waals surface area contributed by atoms with E-state index in [0.29, 0.717) is 5.56 Å². The highest BCUT2D eigenvalue weighted by Crippen LogP contribution is 2.27. The molecular formula is C14H16N2O. The molecule has 0 N–H and O–H groups in total.